The van der Waals surface area contributed by atoms with Crippen LogP contribution in [0.2, 0.25) is 0 Å². The molecule has 0 aromatic carbocycles. The van der Waals surface area contributed by atoms with E-state index in [2.05, 4.69) is 18.7 Å². The SMILES string of the molecule is CC1CCC(C)N(CC(=O)C2CCOC2)C1. The summed E-state index contributed by atoms with van der Waals surface area (Å²) >= 11 is 0. The number of carbonyl (C=O) groups is 1. The van der Waals surface area contributed by atoms with Gasteiger partial charge in [-0.15, -0.1) is 0 Å². The summed E-state index contributed by atoms with van der Waals surface area (Å²) in [5, 5.41) is 0. The maximum absolute atomic E-state index is 12.0. The van der Waals surface area contributed by atoms with E-state index in [0.29, 0.717) is 25.0 Å². The maximum atomic E-state index is 12.0. The molecule has 16 heavy (non-hydrogen) atoms. The highest BCUT2D eigenvalue weighted by Crippen LogP contribution is 2.22. The van der Waals surface area contributed by atoms with Gasteiger partial charge < -0.3 is 4.74 Å². The van der Waals surface area contributed by atoms with Gasteiger partial charge in [-0.2, -0.15) is 0 Å². The topological polar surface area (TPSA) is 29.5 Å². The van der Waals surface area contributed by atoms with Crippen molar-refractivity contribution in [2.75, 3.05) is 26.3 Å². The number of Topliss-reactive ketones (excluding diaryl/α,β-unsaturated/α-hetero) is 1. The summed E-state index contributed by atoms with van der Waals surface area (Å²) in [5.41, 5.74) is 0. The van der Waals surface area contributed by atoms with Crippen molar-refractivity contribution >= 4 is 5.78 Å². The van der Waals surface area contributed by atoms with E-state index in [1.54, 1.807) is 0 Å². The van der Waals surface area contributed by atoms with Crippen LogP contribution < -0.4 is 0 Å². The number of nitrogens with zero attached hydrogens (tertiary/aromatic N) is 1. The minimum atomic E-state index is 0.171. The Labute approximate surface area is 98.1 Å². The molecule has 0 radical (unpaired) electrons. The summed E-state index contributed by atoms with van der Waals surface area (Å²) in [5.74, 6) is 1.30. The quantitative estimate of drug-likeness (QED) is 0.732. The van der Waals surface area contributed by atoms with E-state index in [9.17, 15) is 4.79 Å². The van der Waals surface area contributed by atoms with Crippen LogP contribution >= 0.6 is 0 Å². The molecular weight excluding hydrogens is 202 g/mol. The summed E-state index contributed by atoms with van der Waals surface area (Å²) in [6.45, 7) is 7.66. The molecule has 0 aliphatic carbocycles. The Kier molecular flexibility index (Phi) is 3.98. The summed E-state index contributed by atoms with van der Waals surface area (Å²) in [4.78, 5) is 14.4. The lowest BCUT2D eigenvalue weighted by molar-refractivity contribution is -0.125. The second-order valence-corrected chi connectivity index (χ2v) is 5.49. The highest BCUT2D eigenvalue weighted by Gasteiger charge is 2.29. The number of likely N-dealkylation sites (tertiary alicyclic amines) is 1. The van der Waals surface area contributed by atoms with Gasteiger partial charge in [0, 0.05) is 25.1 Å². The number of rotatable bonds is 3. The van der Waals surface area contributed by atoms with Gasteiger partial charge in [-0.05, 0) is 32.1 Å². The van der Waals surface area contributed by atoms with Crippen LogP contribution in [0.1, 0.15) is 33.1 Å². The monoisotopic (exact) mass is 225 g/mol. The zero-order valence-corrected chi connectivity index (χ0v) is 10.4. The third kappa shape index (κ3) is 2.83. The normalized spacial score (nSPS) is 36.5. The molecule has 3 nitrogen and oxygen atoms in total. The number of ketones is 1. The molecule has 3 heteroatoms. The molecule has 0 aromatic heterocycles. The zero-order chi connectivity index (χ0) is 11.5. The van der Waals surface area contributed by atoms with E-state index in [4.69, 9.17) is 4.74 Å². The Hall–Kier alpha value is -0.410. The molecule has 0 saturated carbocycles. The van der Waals surface area contributed by atoms with Crippen molar-refractivity contribution in [3.8, 4) is 0 Å². The zero-order valence-electron chi connectivity index (χ0n) is 10.4. The van der Waals surface area contributed by atoms with Gasteiger partial charge in [-0.1, -0.05) is 6.92 Å². The second kappa shape index (κ2) is 5.28. The van der Waals surface area contributed by atoms with Gasteiger partial charge in [0.25, 0.3) is 0 Å². The number of hydrogen-bond donors (Lipinski definition) is 0. The van der Waals surface area contributed by atoms with E-state index in [1.807, 2.05) is 0 Å². The Morgan fingerprint density at radius 3 is 2.81 bits per heavy atom. The Morgan fingerprint density at radius 1 is 1.31 bits per heavy atom. The van der Waals surface area contributed by atoms with Crippen LogP contribution in [0.4, 0.5) is 0 Å². The molecule has 3 atom stereocenters. The molecule has 0 bridgehead atoms. The molecule has 2 rings (SSSR count). The first-order valence-corrected chi connectivity index (χ1v) is 6.51. The first kappa shape index (κ1) is 12.1. The minimum Gasteiger partial charge on any atom is -0.381 e. The lowest BCUT2D eigenvalue weighted by Gasteiger charge is -2.36. The van der Waals surface area contributed by atoms with E-state index in [0.717, 1.165) is 25.5 Å². The van der Waals surface area contributed by atoms with E-state index < -0.39 is 0 Å². The average Bonchev–Trinajstić information content (AvgIpc) is 2.76. The number of carbonyl (C=O) groups excluding carboxylic acids is 1. The van der Waals surface area contributed by atoms with Crippen LogP contribution in [0.25, 0.3) is 0 Å². The molecule has 3 unspecified atom stereocenters. The highest BCUT2D eigenvalue weighted by molar-refractivity contribution is 5.83. The van der Waals surface area contributed by atoms with Crippen molar-refractivity contribution in [3.63, 3.8) is 0 Å². The van der Waals surface area contributed by atoms with Gasteiger partial charge >= 0.3 is 0 Å². The molecule has 0 amide bonds. The lowest BCUT2D eigenvalue weighted by atomic mass is 9.93. The third-order valence-electron chi connectivity index (χ3n) is 3.99. The molecule has 2 heterocycles. The van der Waals surface area contributed by atoms with Crippen LogP contribution in [0.3, 0.4) is 0 Å². The first-order chi connectivity index (χ1) is 7.66. The van der Waals surface area contributed by atoms with Crippen molar-refractivity contribution in [2.45, 2.75) is 39.2 Å². The fourth-order valence-corrected chi connectivity index (χ4v) is 2.72. The standard InChI is InChI=1S/C13H23NO2/c1-10-3-4-11(2)14(7-10)8-13(15)12-5-6-16-9-12/h10-12H,3-9H2,1-2H3. The number of ether oxygens (including phenoxy) is 1. The molecular formula is C13H23NO2. The summed E-state index contributed by atoms with van der Waals surface area (Å²) in [7, 11) is 0. The average molecular weight is 225 g/mol. The molecule has 2 fully saturated rings. The van der Waals surface area contributed by atoms with Gasteiger partial charge in [0.2, 0.25) is 0 Å². The second-order valence-electron chi connectivity index (χ2n) is 5.49. The third-order valence-corrected chi connectivity index (χ3v) is 3.99. The Bertz CT molecular complexity index is 248. The molecule has 2 aliphatic rings. The lowest BCUT2D eigenvalue weighted by Crippen LogP contribution is -2.45. The largest absolute Gasteiger partial charge is 0.381 e. The Morgan fingerprint density at radius 2 is 2.12 bits per heavy atom. The van der Waals surface area contributed by atoms with Crippen LogP contribution in [-0.2, 0) is 9.53 Å². The molecule has 0 spiro atoms. The van der Waals surface area contributed by atoms with E-state index >= 15 is 0 Å². The van der Waals surface area contributed by atoms with Crippen LogP contribution in [0.5, 0.6) is 0 Å². The van der Waals surface area contributed by atoms with Crippen molar-refractivity contribution in [1.82, 2.24) is 4.90 Å². The molecule has 0 N–H and O–H groups in total. The van der Waals surface area contributed by atoms with E-state index in [-0.39, 0.29) is 5.92 Å². The van der Waals surface area contributed by atoms with Gasteiger partial charge in [0.05, 0.1) is 13.2 Å². The van der Waals surface area contributed by atoms with Gasteiger partial charge in [-0.25, -0.2) is 0 Å². The summed E-state index contributed by atoms with van der Waals surface area (Å²) < 4.78 is 5.28. The molecule has 92 valence electrons. The smallest absolute Gasteiger partial charge is 0.152 e. The summed E-state index contributed by atoms with van der Waals surface area (Å²) in [6.07, 6.45) is 3.46. The minimum absolute atomic E-state index is 0.171. The van der Waals surface area contributed by atoms with Gasteiger partial charge in [-0.3, -0.25) is 9.69 Å². The number of hydrogen-bond acceptors (Lipinski definition) is 3. The molecule has 0 aromatic rings. The first-order valence-electron chi connectivity index (χ1n) is 6.51. The van der Waals surface area contributed by atoms with Crippen LogP contribution in [0, 0.1) is 11.8 Å². The summed E-state index contributed by atoms with van der Waals surface area (Å²) in [6, 6.07) is 0.572. The number of piperidine rings is 1. The maximum Gasteiger partial charge on any atom is 0.152 e. The van der Waals surface area contributed by atoms with Gasteiger partial charge in [0.1, 0.15) is 0 Å². The predicted octanol–water partition coefficient (Wildman–Crippen LogP) is 1.71. The highest BCUT2D eigenvalue weighted by atomic mass is 16.5. The fraction of sp³-hybridized carbons (Fsp3) is 0.923. The molecule has 2 aliphatic heterocycles. The van der Waals surface area contributed by atoms with Crippen molar-refractivity contribution in [2.24, 2.45) is 11.8 Å². The van der Waals surface area contributed by atoms with Crippen molar-refractivity contribution in [1.29, 1.82) is 0 Å². The predicted molar refractivity (Wildman–Crippen MR) is 63.4 cm³/mol. The fourth-order valence-electron chi connectivity index (χ4n) is 2.72. The van der Waals surface area contributed by atoms with E-state index in [1.165, 1.54) is 12.8 Å². The Balaban J connectivity index is 1.84. The van der Waals surface area contributed by atoms with Crippen LogP contribution in [-0.4, -0.2) is 43.0 Å². The van der Waals surface area contributed by atoms with Crippen molar-refractivity contribution < 1.29 is 9.53 Å². The van der Waals surface area contributed by atoms with Crippen molar-refractivity contribution in [3.05, 3.63) is 0 Å². The molecule has 2 saturated heterocycles. The van der Waals surface area contributed by atoms with Crippen LogP contribution in [0.15, 0.2) is 0 Å². The van der Waals surface area contributed by atoms with Gasteiger partial charge in [0.15, 0.2) is 5.78 Å².